The first-order valence-corrected chi connectivity index (χ1v) is 10.6. The van der Waals surface area contributed by atoms with E-state index in [9.17, 15) is 14.0 Å². The highest BCUT2D eigenvalue weighted by Crippen LogP contribution is 2.19. The number of nitrogens with one attached hydrogen (secondary N) is 1. The van der Waals surface area contributed by atoms with E-state index in [2.05, 4.69) is 5.32 Å². The summed E-state index contributed by atoms with van der Waals surface area (Å²) in [6.07, 6.45) is 0.281. The molecule has 0 saturated heterocycles. The SMILES string of the molecule is CNC(=O)C(Cc1ccccc1)N(Cc1ccccc1F)C(=O)COc1ccc(OC)cc1. The summed E-state index contributed by atoms with van der Waals surface area (Å²) < 4.78 is 25.2. The summed E-state index contributed by atoms with van der Waals surface area (Å²) >= 11 is 0. The van der Waals surface area contributed by atoms with Crippen LogP contribution in [0.2, 0.25) is 0 Å². The zero-order chi connectivity index (χ0) is 23.6. The van der Waals surface area contributed by atoms with Gasteiger partial charge in [0.1, 0.15) is 23.4 Å². The molecular weight excluding hydrogens is 423 g/mol. The molecule has 0 aromatic heterocycles. The van der Waals surface area contributed by atoms with Crippen LogP contribution in [-0.4, -0.2) is 43.5 Å². The van der Waals surface area contributed by atoms with Crippen LogP contribution < -0.4 is 14.8 Å². The third kappa shape index (κ3) is 6.55. The van der Waals surface area contributed by atoms with E-state index in [1.54, 1.807) is 49.6 Å². The molecular formula is C26H27FN2O4. The molecule has 0 spiro atoms. The van der Waals surface area contributed by atoms with Crippen molar-refractivity contribution in [1.82, 2.24) is 10.2 Å². The molecule has 2 amide bonds. The van der Waals surface area contributed by atoms with E-state index in [4.69, 9.17) is 9.47 Å². The quantitative estimate of drug-likeness (QED) is 0.513. The van der Waals surface area contributed by atoms with Gasteiger partial charge >= 0.3 is 0 Å². The van der Waals surface area contributed by atoms with Crippen LogP contribution in [0.25, 0.3) is 0 Å². The van der Waals surface area contributed by atoms with Gasteiger partial charge in [0.05, 0.1) is 7.11 Å². The largest absolute Gasteiger partial charge is 0.497 e. The Morgan fingerprint density at radius 2 is 1.58 bits per heavy atom. The maximum atomic E-state index is 14.4. The maximum Gasteiger partial charge on any atom is 0.261 e. The zero-order valence-corrected chi connectivity index (χ0v) is 18.7. The van der Waals surface area contributed by atoms with Gasteiger partial charge in [0.15, 0.2) is 6.61 Å². The van der Waals surface area contributed by atoms with Gasteiger partial charge in [-0.1, -0.05) is 48.5 Å². The number of ether oxygens (including phenoxy) is 2. The second kappa shape index (κ2) is 11.7. The number of hydrogen-bond donors (Lipinski definition) is 1. The predicted octanol–water partition coefficient (Wildman–Crippen LogP) is 3.60. The Morgan fingerprint density at radius 3 is 2.21 bits per heavy atom. The molecule has 1 unspecified atom stereocenters. The molecule has 0 heterocycles. The summed E-state index contributed by atoms with van der Waals surface area (Å²) in [6, 6.07) is 21.6. The van der Waals surface area contributed by atoms with Crippen molar-refractivity contribution in [3.8, 4) is 11.5 Å². The van der Waals surface area contributed by atoms with E-state index < -0.39 is 17.8 Å². The van der Waals surface area contributed by atoms with Gasteiger partial charge in [0, 0.05) is 25.6 Å². The molecule has 33 heavy (non-hydrogen) atoms. The van der Waals surface area contributed by atoms with Crippen LogP contribution in [-0.2, 0) is 22.6 Å². The van der Waals surface area contributed by atoms with Gasteiger partial charge in [-0.3, -0.25) is 9.59 Å². The van der Waals surface area contributed by atoms with Crippen molar-refractivity contribution >= 4 is 11.8 Å². The Kier molecular flexibility index (Phi) is 8.41. The Hall–Kier alpha value is -3.87. The Bertz CT molecular complexity index is 1060. The van der Waals surface area contributed by atoms with Crippen molar-refractivity contribution in [3.63, 3.8) is 0 Å². The molecule has 0 radical (unpaired) electrons. The smallest absolute Gasteiger partial charge is 0.261 e. The molecule has 7 heteroatoms. The van der Waals surface area contributed by atoms with E-state index in [1.165, 1.54) is 18.0 Å². The second-order valence-electron chi connectivity index (χ2n) is 7.40. The van der Waals surface area contributed by atoms with Gasteiger partial charge in [0.2, 0.25) is 5.91 Å². The lowest BCUT2D eigenvalue weighted by Crippen LogP contribution is -2.51. The van der Waals surface area contributed by atoms with Gasteiger partial charge in [0.25, 0.3) is 5.91 Å². The summed E-state index contributed by atoms with van der Waals surface area (Å²) in [4.78, 5) is 27.5. The number of benzene rings is 3. The first-order valence-electron chi connectivity index (χ1n) is 10.6. The number of methoxy groups -OCH3 is 1. The number of halogens is 1. The van der Waals surface area contributed by atoms with Crippen molar-refractivity contribution in [1.29, 1.82) is 0 Å². The van der Waals surface area contributed by atoms with Gasteiger partial charge < -0.3 is 19.7 Å². The summed E-state index contributed by atoms with van der Waals surface area (Å²) in [5.74, 6) is -0.0692. The first-order chi connectivity index (χ1) is 16.0. The van der Waals surface area contributed by atoms with Crippen LogP contribution in [0.5, 0.6) is 11.5 Å². The fourth-order valence-electron chi connectivity index (χ4n) is 3.43. The highest BCUT2D eigenvalue weighted by molar-refractivity contribution is 5.88. The van der Waals surface area contributed by atoms with Gasteiger partial charge in [-0.05, 0) is 35.9 Å². The van der Waals surface area contributed by atoms with Crippen LogP contribution in [0.1, 0.15) is 11.1 Å². The third-order valence-electron chi connectivity index (χ3n) is 5.24. The average Bonchev–Trinajstić information content (AvgIpc) is 2.86. The lowest BCUT2D eigenvalue weighted by molar-refractivity contribution is -0.142. The number of amides is 2. The highest BCUT2D eigenvalue weighted by atomic mass is 19.1. The van der Waals surface area contributed by atoms with E-state index in [0.29, 0.717) is 17.1 Å². The number of rotatable bonds is 10. The molecule has 0 aliphatic carbocycles. The highest BCUT2D eigenvalue weighted by Gasteiger charge is 2.30. The standard InChI is InChI=1S/C26H27FN2O4/c1-28-26(31)24(16-19-8-4-3-5-9-19)29(17-20-10-6-7-11-23(20)27)25(30)18-33-22-14-12-21(32-2)13-15-22/h3-15,24H,16-18H2,1-2H3,(H,28,31). The van der Waals surface area contributed by atoms with E-state index in [0.717, 1.165) is 5.56 Å². The Morgan fingerprint density at radius 1 is 0.939 bits per heavy atom. The molecule has 0 bridgehead atoms. The number of nitrogens with zero attached hydrogens (tertiary/aromatic N) is 1. The third-order valence-corrected chi connectivity index (χ3v) is 5.24. The van der Waals surface area contributed by atoms with Crippen molar-refractivity contribution in [2.45, 2.75) is 19.0 Å². The van der Waals surface area contributed by atoms with Crippen LogP contribution in [0.3, 0.4) is 0 Å². The number of hydrogen-bond acceptors (Lipinski definition) is 4. The topological polar surface area (TPSA) is 67.9 Å². The predicted molar refractivity (Wildman–Crippen MR) is 123 cm³/mol. The number of carbonyl (C=O) groups is 2. The molecule has 0 aliphatic heterocycles. The summed E-state index contributed by atoms with van der Waals surface area (Å²) in [7, 11) is 3.07. The molecule has 6 nitrogen and oxygen atoms in total. The number of carbonyl (C=O) groups excluding carboxylic acids is 2. The van der Waals surface area contributed by atoms with Crippen molar-refractivity contribution in [3.05, 3.63) is 95.8 Å². The summed E-state index contributed by atoms with van der Waals surface area (Å²) in [5.41, 5.74) is 1.20. The van der Waals surface area contributed by atoms with Gasteiger partial charge in [-0.2, -0.15) is 0 Å². The van der Waals surface area contributed by atoms with Gasteiger partial charge in [-0.15, -0.1) is 0 Å². The van der Waals surface area contributed by atoms with E-state index >= 15 is 0 Å². The number of likely N-dealkylation sites (N-methyl/N-ethyl adjacent to an activating group) is 1. The Labute approximate surface area is 192 Å². The molecule has 1 N–H and O–H groups in total. The molecule has 0 aliphatic rings. The van der Waals surface area contributed by atoms with E-state index in [1.807, 2.05) is 30.3 Å². The van der Waals surface area contributed by atoms with Crippen molar-refractivity contribution < 1.29 is 23.5 Å². The lowest BCUT2D eigenvalue weighted by atomic mass is 10.0. The Balaban J connectivity index is 1.86. The van der Waals surface area contributed by atoms with Crippen LogP contribution in [0, 0.1) is 5.82 Å². The minimum atomic E-state index is -0.844. The minimum Gasteiger partial charge on any atom is -0.497 e. The molecule has 3 aromatic carbocycles. The van der Waals surface area contributed by atoms with Gasteiger partial charge in [-0.25, -0.2) is 4.39 Å². The second-order valence-corrected chi connectivity index (χ2v) is 7.40. The normalized spacial score (nSPS) is 11.4. The first kappa shape index (κ1) is 23.8. The average molecular weight is 451 g/mol. The lowest BCUT2D eigenvalue weighted by Gasteiger charge is -2.31. The molecule has 172 valence electrons. The molecule has 0 saturated carbocycles. The summed E-state index contributed by atoms with van der Waals surface area (Å²) in [6.45, 7) is -0.370. The molecule has 3 aromatic rings. The minimum absolute atomic E-state index is 0.0671. The fraction of sp³-hybridized carbons (Fsp3) is 0.231. The van der Waals surface area contributed by atoms with Crippen LogP contribution in [0.15, 0.2) is 78.9 Å². The van der Waals surface area contributed by atoms with Crippen LogP contribution >= 0.6 is 0 Å². The molecule has 3 rings (SSSR count). The molecule has 0 fully saturated rings. The van der Waals surface area contributed by atoms with E-state index in [-0.39, 0.29) is 25.5 Å². The monoisotopic (exact) mass is 450 g/mol. The molecule has 1 atom stereocenters. The van der Waals surface area contributed by atoms with Crippen molar-refractivity contribution in [2.75, 3.05) is 20.8 Å². The zero-order valence-electron chi connectivity index (χ0n) is 18.7. The fourth-order valence-corrected chi connectivity index (χ4v) is 3.43. The maximum absolute atomic E-state index is 14.4. The van der Waals surface area contributed by atoms with Crippen LogP contribution in [0.4, 0.5) is 4.39 Å². The summed E-state index contributed by atoms with van der Waals surface area (Å²) in [5, 5.41) is 2.63. The van der Waals surface area contributed by atoms with Crippen molar-refractivity contribution in [2.24, 2.45) is 0 Å².